The van der Waals surface area contributed by atoms with Gasteiger partial charge in [0.1, 0.15) is 0 Å². The Kier molecular flexibility index (Phi) is 4.08. The van der Waals surface area contributed by atoms with Crippen molar-refractivity contribution in [2.45, 2.75) is 56.5 Å². The zero-order valence-corrected chi connectivity index (χ0v) is 13.4. The van der Waals surface area contributed by atoms with E-state index in [-0.39, 0.29) is 6.04 Å². The molecule has 2 aliphatic rings. The van der Waals surface area contributed by atoms with Crippen LogP contribution in [0, 0.1) is 12.8 Å². The molecule has 1 aromatic rings. The minimum Gasteiger partial charge on any atom is -0.326 e. The van der Waals surface area contributed by atoms with Crippen LogP contribution in [0.15, 0.2) is 23.1 Å². The summed E-state index contributed by atoms with van der Waals surface area (Å²) in [7, 11) is -3.40. The van der Waals surface area contributed by atoms with Gasteiger partial charge in [-0.05, 0) is 55.7 Å². The van der Waals surface area contributed by atoms with Crippen LogP contribution in [-0.4, -0.2) is 25.3 Å². The van der Waals surface area contributed by atoms with E-state index >= 15 is 0 Å². The van der Waals surface area contributed by atoms with Crippen LogP contribution in [0.3, 0.4) is 0 Å². The summed E-state index contributed by atoms with van der Waals surface area (Å²) in [5.74, 6) is 0.562. The van der Waals surface area contributed by atoms with Crippen LogP contribution >= 0.6 is 0 Å². The summed E-state index contributed by atoms with van der Waals surface area (Å²) >= 11 is 0. The first-order valence-electron chi connectivity index (χ1n) is 7.86. The SMILES string of the molecule is Cc1c(CN)cccc1S(=O)(=O)N1CCCC2CCCC21. The number of nitrogens with two attached hydrogens (primary N) is 1. The molecule has 5 heteroatoms. The van der Waals surface area contributed by atoms with Crippen LogP contribution in [0.4, 0.5) is 0 Å². The van der Waals surface area contributed by atoms with Crippen LogP contribution < -0.4 is 5.73 Å². The Bertz CT molecular complexity index is 627. The van der Waals surface area contributed by atoms with E-state index in [1.807, 2.05) is 13.0 Å². The molecule has 21 heavy (non-hydrogen) atoms. The fourth-order valence-corrected chi connectivity index (χ4v) is 6.02. The van der Waals surface area contributed by atoms with Crippen LogP contribution in [0.2, 0.25) is 0 Å². The highest BCUT2D eigenvalue weighted by Gasteiger charge is 2.41. The van der Waals surface area contributed by atoms with E-state index in [9.17, 15) is 8.42 Å². The summed E-state index contributed by atoms with van der Waals surface area (Å²) in [5, 5.41) is 0. The van der Waals surface area contributed by atoms with Crippen molar-refractivity contribution in [1.29, 1.82) is 0 Å². The van der Waals surface area contributed by atoms with Crippen molar-refractivity contribution < 1.29 is 8.42 Å². The summed E-state index contributed by atoms with van der Waals surface area (Å²) < 4.78 is 28.0. The molecule has 1 aliphatic carbocycles. The lowest BCUT2D eigenvalue weighted by Crippen LogP contribution is -2.46. The Morgan fingerprint density at radius 2 is 2.00 bits per heavy atom. The number of benzene rings is 1. The minimum atomic E-state index is -3.40. The third-order valence-electron chi connectivity index (χ3n) is 5.15. The molecule has 1 saturated heterocycles. The summed E-state index contributed by atoms with van der Waals surface area (Å²) in [4.78, 5) is 0.443. The van der Waals surface area contributed by atoms with Gasteiger partial charge in [-0.3, -0.25) is 0 Å². The van der Waals surface area contributed by atoms with Crippen molar-refractivity contribution in [2.75, 3.05) is 6.54 Å². The molecule has 0 radical (unpaired) electrons. The molecule has 0 amide bonds. The second-order valence-electron chi connectivity index (χ2n) is 6.26. The average Bonchev–Trinajstić information content (AvgIpc) is 2.95. The molecule has 0 aromatic heterocycles. The lowest BCUT2D eigenvalue weighted by atomic mass is 9.94. The first kappa shape index (κ1) is 15.0. The number of rotatable bonds is 3. The molecule has 1 aromatic carbocycles. The van der Waals surface area contributed by atoms with E-state index in [0.29, 0.717) is 23.9 Å². The maximum Gasteiger partial charge on any atom is 0.243 e. The number of fused-ring (bicyclic) bond motifs is 1. The molecule has 3 rings (SSSR count). The molecule has 2 N–H and O–H groups in total. The highest BCUT2D eigenvalue weighted by Crippen LogP contribution is 2.39. The topological polar surface area (TPSA) is 63.4 Å². The molecule has 2 fully saturated rings. The molecule has 2 atom stereocenters. The highest BCUT2D eigenvalue weighted by molar-refractivity contribution is 7.89. The molecule has 4 nitrogen and oxygen atoms in total. The van der Waals surface area contributed by atoms with Gasteiger partial charge in [0.05, 0.1) is 4.90 Å². The summed E-state index contributed by atoms with van der Waals surface area (Å²) in [5.41, 5.74) is 7.44. The van der Waals surface area contributed by atoms with Crippen molar-refractivity contribution in [3.8, 4) is 0 Å². The molecule has 1 saturated carbocycles. The van der Waals surface area contributed by atoms with Gasteiger partial charge in [0.2, 0.25) is 10.0 Å². The standard InChI is InChI=1S/C16H24N2O2S/c1-12-14(11-17)6-3-9-16(12)21(19,20)18-10-4-7-13-5-2-8-15(13)18/h3,6,9,13,15H,2,4-5,7-8,10-11,17H2,1H3. The monoisotopic (exact) mass is 308 g/mol. The lowest BCUT2D eigenvalue weighted by molar-refractivity contribution is 0.202. The van der Waals surface area contributed by atoms with Crippen LogP contribution in [0.5, 0.6) is 0 Å². The predicted octanol–water partition coefficient (Wildman–Crippen LogP) is 2.41. The van der Waals surface area contributed by atoms with Gasteiger partial charge >= 0.3 is 0 Å². The molecule has 1 heterocycles. The fraction of sp³-hybridized carbons (Fsp3) is 0.625. The van der Waals surface area contributed by atoms with Crippen LogP contribution in [0.1, 0.15) is 43.2 Å². The molecule has 0 bridgehead atoms. The Hall–Kier alpha value is -0.910. The molecular weight excluding hydrogens is 284 g/mol. The second kappa shape index (κ2) is 5.71. The van der Waals surface area contributed by atoms with Gasteiger partial charge in [0.15, 0.2) is 0 Å². The normalized spacial score (nSPS) is 26.8. The van der Waals surface area contributed by atoms with Gasteiger partial charge in [-0.25, -0.2) is 8.42 Å². The summed E-state index contributed by atoms with van der Waals surface area (Å²) in [6.45, 7) is 2.90. The van der Waals surface area contributed by atoms with Crippen molar-refractivity contribution >= 4 is 10.0 Å². The first-order valence-corrected chi connectivity index (χ1v) is 9.30. The molecule has 1 aliphatic heterocycles. The zero-order valence-electron chi connectivity index (χ0n) is 12.6. The zero-order chi connectivity index (χ0) is 15.0. The number of piperidine rings is 1. The maximum atomic E-state index is 13.1. The van der Waals surface area contributed by atoms with E-state index < -0.39 is 10.0 Å². The van der Waals surface area contributed by atoms with Crippen molar-refractivity contribution in [3.63, 3.8) is 0 Å². The number of hydrogen-bond donors (Lipinski definition) is 1. The van der Waals surface area contributed by atoms with Crippen molar-refractivity contribution in [1.82, 2.24) is 4.31 Å². The first-order chi connectivity index (χ1) is 10.1. The van der Waals surface area contributed by atoms with E-state index in [0.717, 1.165) is 30.4 Å². The lowest BCUT2D eigenvalue weighted by Gasteiger charge is -2.37. The Morgan fingerprint density at radius 3 is 2.76 bits per heavy atom. The largest absolute Gasteiger partial charge is 0.326 e. The fourth-order valence-electron chi connectivity index (χ4n) is 3.99. The van der Waals surface area contributed by atoms with Crippen molar-refractivity contribution in [3.05, 3.63) is 29.3 Å². The Balaban J connectivity index is 2.00. The van der Waals surface area contributed by atoms with Gasteiger partial charge in [0, 0.05) is 19.1 Å². The van der Waals surface area contributed by atoms with Gasteiger partial charge in [-0.1, -0.05) is 18.6 Å². The second-order valence-corrected chi connectivity index (χ2v) is 8.12. The quantitative estimate of drug-likeness (QED) is 0.932. The Morgan fingerprint density at radius 1 is 1.24 bits per heavy atom. The Labute approximate surface area is 127 Å². The van der Waals surface area contributed by atoms with Crippen molar-refractivity contribution in [2.24, 2.45) is 11.7 Å². The van der Waals surface area contributed by atoms with E-state index in [2.05, 4.69) is 0 Å². The molecule has 116 valence electrons. The van der Waals surface area contributed by atoms with E-state index in [1.54, 1.807) is 16.4 Å². The highest BCUT2D eigenvalue weighted by atomic mass is 32.2. The van der Waals surface area contributed by atoms with E-state index in [1.165, 1.54) is 12.8 Å². The number of sulfonamides is 1. The van der Waals surface area contributed by atoms with Crippen LogP contribution in [0.25, 0.3) is 0 Å². The predicted molar refractivity (Wildman–Crippen MR) is 83.3 cm³/mol. The van der Waals surface area contributed by atoms with Gasteiger partial charge in [-0.15, -0.1) is 0 Å². The third kappa shape index (κ3) is 2.51. The van der Waals surface area contributed by atoms with E-state index in [4.69, 9.17) is 5.73 Å². The smallest absolute Gasteiger partial charge is 0.243 e. The molecular formula is C16H24N2O2S. The van der Waals surface area contributed by atoms with Gasteiger partial charge in [0.25, 0.3) is 0 Å². The van der Waals surface area contributed by atoms with Crippen LogP contribution in [-0.2, 0) is 16.6 Å². The number of hydrogen-bond acceptors (Lipinski definition) is 3. The number of nitrogens with zero attached hydrogens (tertiary/aromatic N) is 1. The summed E-state index contributed by atoms with van der Waals surface area (Å²) in [6, 6.07) is 5.65. The third-order valence-corrected chi connectivity index (χ3v) is 7.21. The minimum absolute atomic E-state index is 0.213. The van der Waals surface area contributed by atoms with Gasteiger partial charge < -0.3 is 5.73 Å². The summed E-state index contributed by atoms with van der Waals surface area (Å²) in [6.07, 6.45) is 5.51. The molecule has 0 spiro atoms. The molecule has 2 unspecified atom stereocenters. The van der Waals surface area contributed by atoms with Gasteiger partial charge in [-0.2, -0.15) is 4.31 Å². The average molecular weight is 308 g/mol. The maximum absolute atomic E-state index is 13.1.